The fraction of sp³-hybridized carbons (Fsp3) is 0.364. The monoisotopic (exact) mass is 369 g/mol. The van der Waals surface area contributed by atoms with Crippen LogP contribution in [0.3, 0.4) is 0 Å². The molecule has 0 amide bonds. The van der Waals surface area contributed by atoms with Crippen molar-refractivity contribution in [2.45, 2.75) is 45.7 Å². The highest BCUT2D eigenvalue weighted by molar-refractivity contribution is 5.78. The first-order valence-corrected chi connectivity index (χ1v) is 9.14. The Morgan fingerprint density at radius 1 is 0.926 bits per heavy atom. The molecular formula is C22H27NO4. The van der Waals surface area contributed by atoms with Crippen molar-refractivity contribution in [3.8, 4) is 11.1 Å². The summed E-state index contributed by atoms with van der Waals surface area (Å²) in [5.74, 6) is -1.92. The Morgan fingerprint density at radius 2 is 1.56 bits per heavy atom. The maximum absolute atomic E-state index is 11.7. The van der Waals surface area contributed by atoms with Crippen molar-refractivity contribution in [1.29, 1.82) is 0 Å². The molecule has 0 radical (unpaired) electrons. The fourth-order valence-corrected chi connectivity index (χ4v) is 3.03. The van der Waals surface area contributed by atoms with Crippen LogP contribution in [0.2, 0.25) is 0 Å². The Morgan fingerprint density at radius 3 is 2.11 bits per heavy atom. The molecule has 0 saturated heterocycles. The van der Waals surface area contributed by atoms with Gasteiger partial charge >= 0.3 is 11.9 Å². The van der Waals surface area contributed by atoms with Gasteiger partial charge in [-0.15, -0.1) is 0 Å². The quantitative estimate of drug-likeness (QED) is 0.627. The van der Waals surface area contributed by atoms with E-state index in [1.54, 1.807) is 0 Å². The minimum absolute atomic E-state index is 0.151. The number of rotatable bonds is 9. The third kappa shape index (κ3) is 6.22. The number of benzene rings is 2. The lowest BCUT2D eigenvalue weighted by Gasteiger charge is -2.22. The number of hydrogen-bond donors (Lipinski definition) is 3. The first-order chi connectivity index (χ1) is 12.8. The van der Waals surface area contributed by atoms with E-state index in [1.807, 2.05) is 69.3 Å². The van der Waals surface area contributed by atoms with Crippen LogP contribution in [0.5, 0.6) is 0 Å². The summed E-state index contributed by atoms with van der Waals surface area (Å²) in [5, 5.41) is 21.7. The van der Waals surface area contributed by atoms with Gasteiger partial charge in [-0.05, 0) is 42.4 Å². The molecule has 5 heteroatoms. The van der Waals surface area contributed by atoms with E-state index in [9.17, 15) is 19.8 Å². The second-order valence-electron chi connectivity index (χ2n) is 7.35. The summed E-state index contributed by atoms with van der Waals surface area (Å²) >= 11 is 0. The van der Waals surface area contributed by atoms with Crippen molar-refractivity contribution in [1.82, 2.24) is 5.32 Å². The molecule has 2 aromatic rings. The second kappa shape index (κ2) is 9.33. The summed E-state index contributed by atoms with van der Waals surface area (Å²) in [4.78, 5) is 23.1. The standard InChI is InChI=1S/C22H27NO4/c1-14(2)11-19(21(24)25)23-20(22(26)27)13-16-5-4-6-18(12-16)17-9-7-15(3)8-10-17/h4-10,12,14,19-20,23H,11,13H2,1-3H3,(H,24,25)(H,26,27)/t19-,20?/m0/s1. The summed E-state index contributed by atoms with van der Waals surface area (Å²) in [5.41, 5.74) is 4.09. The van der Waals surface area contributed by atoms with Crippen molar-refractivity contribution in [3.63, 3.8) is 0 Å². The van der Waals surface area contributed by atoms with E-state index in [1.165, 1.54) is 5.56 Å². The zero-order valence-electron chi connectivity index (χ0n) is 16.0. The van der Waals surface area contributed by atoms with Gasteiger partial charge in [-0.1, -0.05) is 67.9 Å². The molecule has 1 unspecified atom stereocenters. The van der Waals surface area contributed by atoms with Crippen LogP contribution >= 0.6 is 0 Å². The van der Waals surface area contributed by atoms with E-state index in [0.29, 0.717) is 6.42 Å². The zero-order valence-corrected chi connectivity index (χ0v) is 16.0. The molecule has 0 aliphatic heterocycles. The maximum atomic E-state index is 11.7. The summed E-state index contributed by atoms with van der Waals surface area (Å²) < 4.78 is 0. The molecule has 0 aromatic heterocycles. The van der Waals surface area contributed by atoms with Crippen LogP contribution in [-0.2, 0) is 16.0 Å². The van der Waals surface area contributed by atoms with Crippen molar-refractivity contribution in [2.75, 3.05) is 0 Å². The number of nitrogens with one attached hydrogen (secondary N) is 1. The van der Waals surface area contributed by atoms with Gasteiger partial charge in [0.1, 0.15) is 12.1 Å². The van der Waals surface area contributed by atoms with Crippen LogP contribution in [0, 0.1) is 12.8 Å². The molecular weight excluding hydrogens is 342 g/mol. The molecule has 0 aliphatic rings. The predicted molar refractivity (Wildman–Crippen MR) is 106 cm³/mol. The van der Waals surface area contributed by atoms with E-state index in [2.05, 4.69) is 5.32 Å². The molecule has 144 valence electrons. The van der Waals surface area contributed by atoms with Gasteiger partial charge in [0.15, 0.2) is 0 Å². The van der Waals surface area contributed by atoms with Crippen LogP contribution in [0.15, 0.2) is 48.5 Å². The predicted octanol–water partition coefficient (Wildman–Crippen LogP) is 3.75. The van der Waals surface area contributed by atoms with Crippen LogP contribution in [0.1, 0.15) is 31.4 Å². The van der Waals surface area contributed by atoms with Gasteiger partial charge in [0, 0.05) is 0 Å². The molecule has 3 N–H and O–H groups in total. The van der Waals surface area contributed by atoms with Crippen LogP contribution < -0.4 is 5.32 Å². The first-order valence-electron chi connectivity index (χ1n) is 9.14. The van der Waals surface area contributed by atoms with E-state index >= 15 is 0 Å². The highest BCUT2D eigenvalue weighted by Crippen LogP contribution is 2.22. The third-order valence-corrected chi connectivity index (χ3v) is 4.46. The van der Waals surface area contributed by atoms with Gasteiger partial charge in [-0.3, -0.25) is 14.9 Å². The summed E-state index contributed by atoms with van der Waals surface area (Å²) in [7, 11) is 0. The number of aliphatic carboxylic acids is 2. The largest absolute Gasteiger partial charge is 0.480 e. The summed E-state index contributed by atoms with van der Waals surface area (Å²) in [6.45, 7) is 5.86. The fourth-order valence-electron chi connectivity index (χ4n) is 3.03. The lowest BCUT2D eigenvalue weighted by molar-refractivity contribution is -0.142. The number of carbonyl (C=O) groups is 2. The highest BCUT2D eigenvalue weighted by Gasteiger charge is 2.26. The van der Waals surface area contributed by atoms with Gasteiger partial charge in [-0.2, -0.15) is 0 Å². The number of aryl methyl sites for hydroxylation is 1. The van der Waals surface area contributed by atoms with Gasteiger partial charge < -0.3 is 10.2 Å². The van der Waals surface area contributed by atoms with Gasteiger partial charge in [0.25, 0.3) is 0 Å². The maximum Gasteiger partial charge on any atom is 0.321 e. The molecule has 2 aromatic carbocycles. The van der Waals surface area contributed by atoms with Gasteiger partial charge in [0.2, 0.25) is 0 Å². The normalized spacial score (nSPS) is 13.3. The molecule has 0 saturated carbocycles. The average Bonchev–Trinajstić information content (AvgIpc) is 2.60. The van der Waals surface area contributed by atoms with E-state index in [4.69, 9.17) is 0 Å². The average molecular weight is 369 g/mol. The van der Waals surface area contributed by atoms with Gasteiger partial charge in [-0.25, -0.2) is 0 Å². The minimum Gasteiger partial charge on any atom is -0.480 e. The molecule has 0 heterocycles. The van der Waals surface area contributed by atoms with Crippen molar-refractivity contribution in [2.24, 2.45) is 5.92 Å². The van der Waals surface area contributed by atoms with Crippen LogP contribution in [-0.4, -0.2) is 34.2 Å². The van der Waals surface area contributed by atoms with Crippen molar-refractivity contribution >= 4 is 11.9 Å². The lowest BCUT2D eigenvalue weighted by atomic mass is 9.97. The molecule has 0 bridgehead atoms. The number of carboxylic acid groups (broad SMARTS) is 2. The van der Waals surface area contributed by atoms with E-state index in [-0.39, 0.29) is 12.3 Å². The zero-order chi connectivity index (χ0) is 20.0. The SMILES string of the molecule is Cc1ccc(-c2cccc(CC(N[C@@H](CC(C)C)C(=O)O)C(=O)O)c2)cc1. The molecule has 0 fully saturated rings. The smallest absolute Gasteiger partial charge is 0.321 e. The van der Waals surface area contributed by atoms with E-state index < -0.39 is 24.0 Å². The Labute approximate surface area is 160 Å². The first kappa shape index (κ1) is 20.6. The number of carboxylic acids is 2. The van der Waals surface area contributed by atoms with Crippen LogP contribution in [0.25, 0.3) is 11.1 Å². The highest BCUT2D eigenvalue weighted by atomic mass is 16.4. The molecule has 0 aliphatic carbocycles. The second-order valence-corrected chi connectivity index (χ2v) is 7.35. The molecule has 0 spiro atoms. The topological polar surface area (TPSA) is 86.6 Å². The molecule has 27 heavy (non-hydrogen) atoms. The Balaban J connectivity index is 2.18. The Bertz CT molecular complexity index is 783. The summed E-state index contributed by atoms with van der Waals surface area (Å²) in [6, 6.07) is 14.0. The lowest BCUT2D eigenvalue weighted by Crippen LogP contribution is -2.48. The third-order valence-electron chi connectivity index (χ3n) is 4.46. The van der Waals surface area contributed by atoms with E-state index in [0.717, 1.165) is 16.7 Å². The molecule has 5 nitrogen and oxygen atoms in total. The Hall–Kier alpha value is -2.66. The van der Waals surface area contributed by atoms with Crippen molar-refractivity contribution < 1.29 is 19.8 Å². The minimum atomic E-state index is -1.05. The molecule has 2 rings (SSSR count). The van der Waals surface area contributed by atoms with Crippen molar-refractivity contribution in [3.05, 3.63) is 59.7 Å². The van der Waals surface area contributed by atoms with Gasteiger partial charge in [0.05, 0.1) is 0 Å². The molecule has 2 atom stereocenters. The van der Waals surface area contributed by atoms with Crippen LogP contribution in [0.4, 0.5) is 0 Å². The number of hydrogen-bond acceptors (Lipinski definition) is 3. The Kier molecular flexibility index (Phi) is 7.13. The summed E-state index contributed by atoms with van der Waals surface area (Å²) in [6.07, 6.45) is 0.597.